The lowest BCUT2D eigenvalue weighted by Crippen LogP contribution is -2.45. The van der Waals surface area contributed by atoms with Crippen LogP contribution in [0.3, 0.4) is 0 Å². The monoisotopic (exact) mass is 728 g/mol. The fourth-order valence-electron chi connectivity index (χ4n) is 4.41. The number of esters is 1. The second-order valence-corrected chi connectivity index (χ2v) is 11.3. The van der Waals surface area contributed by atoms with Crippen molar-refractivity contribution in [2.75, 3.05) is 20.3 Å². The maximum absolute atomic E-state index is 12.8. The predicted octanol–water partition coefficient (Wildman–Crippen LogP) is 5.07. The SMILES string of the molecule is CCOC(=O)C1=C(C)NC(=S)N[C@H]1c1ccccc1OCC(=O)NN=Cc1cc(I)c(OCc2ccc(C)cc2)c(OC)c1. The van der Waals surface area contributed by atoms with Crippen molar-refractivity contribution in [3.8, 4) is 17.2 Å². The van der Waals surface area contributed by atoms with E-state index in [4.69, 9.17) is 31.2 Å². The van der Waals surface area contributed by atoms with Crippen molar-refractivity contribution in [2.24, 2.45) is 5.10 Å². The summed E-state index contributed by atoms with van der Waals surface area (Å²) >= 11 is 7.50. The third-order valence-corrected chi connectivity index (χ3v) is 7.53. The van der Waals surface area contributed by atoms with E-state index in [9.17, 15) is 9.59 Å². The molecule has 1 aliphatic rings. The van der Waals surface area contributed by atoms with Crippen LogP contribution in [0.15, 0.2) is 77.0 Å². The van der Waals surface area contributed by atoms with Gasteiger partial charge in [0.15, 0.2) is 23.2 Å². The molecule has 0 spiro atoms. The number of amides is 1. The van der Waals surface area contributed by atoms with Crippen molar-refractivity contribution in [1.82, 2.24) is 16.1 Å². The Hall–Kier alpha value is -4.17. The summed E-state index contributed by atoms with van der Waals surface area (Å²) in [5.74, 6) is 0.638. The Kier molecular flexibility index (Phi) is 11.6. The van der Waals surface area contributed by atoms with Gasteiger partial charge in [0.25, 0.3) is 5.91 Å². The average Bonchev–Trinajstić information content (AvgIpc) is 3.00. The molecule has 0 saturated carbocycles. The zero-order chi connectivity index (χ0) is 31.6. The summed E-state index contributed by atoms with van der Waals surface area (Å²) in [5.41, 5.74) is 7.01. The number of carbonyl (C=O) groups excluding carboxylic acids is 2. The fraction of sp³-hybridized carbons (Fsp3) is 0.250. The highest BCUT2D eigenvalue weighted by Gasteiger charge is 2.32. The maximum Gasteiger partial charge on any atom is 0.338 e. The van der Waals surface area contributed by atoms with Crippen LogP contribution in [0.1, 0.15) is 42.1 Å². The molecule has 0 aromatic heterocycles. The van der Waals surface area contributed by atoms with Crippen LogP contribution in [-0.2, 0) is 20.9 Å². The molecule has 1 amide bonds. The lowest BCUT2D eigenvalue weighted by atomic mass is 9.95. The first kappa shape index (κ1) is 32.7. The number of nitrogens with one attached hydrogen (secondary N) is 3. The highest BCUT2D eigenvalue weighted by Crippen LogP contribution is 2.35. The molecule has 44 heavy (non-hydrogen) atoms. The number of thiocarbonyl (C=S) groups is 1. The molecule has 3 aromatic carbocycles. The van der Waals surface area contributed by atoms with Crippen LogP contribution >= 0.6 is 34.8 Å². The van der Waals surface area contributed by atoms with Crippen molar-refractivity contribution in [1.29, 1.82) is 0 Å². The first-order valence-corrected chi connectivity index (χ1v) is 15.2. The molecule has 0 bridgehead atoms. The van der Waals surface area contributed by atoms with E-state index in [1.165, 1.54) is 11.8 Å². The van der Waals surface area contributed by atoms with Gasteiger partial charge >= 0.3 is 5.97 Å². The van der Waals surface area contributed by atoms with Crippen LogP contribution in [0.5, 0.6) is 17.2 Å². The van der Waals surface area contributed by atoms with Gasteiger partial charge in [0, 0.05) is 11.3 Å². The van der Waals surface area contributed by atoms with Crippen LogP contribution in [0.2, 0.25) is 0 Å². The number of allylic oxidation sites excluding steroid dienone is 1. The molecule has 3 aromatic rings. The van der Waals surface area contributed by atoms with Gasteiger partial charge in [0.1, 0.15) is 12.4 Å². The third kappa shape index (κ3) is 8.47. The number of aryl methyl sites for hydroxylation is 1. The number of para-hydroxylation sites is 1. The number of hydrogen-bond acceptors (Lipinski definition) is 8. The molecular weight excluding hydrogens is 695 g/mol. The molecule has 1 aliphatic heterocycles. The molecule has 0 unspecified atom stereocenters. The molecule has 3 N–H and O–H groups in total. The van der Waals surface area contributed by atoms with Gasteiger partial charge in [-0.2, -0.15) is 5.10 Å². The number of ether oxygens (including phenoxy) is 4. The molecular formula is C32H33IN4O6S. The van der Waals surface area contributed by atoms with Crippen LogP contribution in [0, 0.1) is 10.5 Å². The smallest absolute Gasteiger partial charge is 0.338 e. The van der Waals surface area contributed by atoms with Gasteiger partial charge in [-0.1, -0.05) is 48.0 Å². The minimum atomic E-state index is -0.624. The van der Waals surface area contributed by atoms with Crippen molar-refractivity contribution < 1.29 is 28.5 Å². The van der Waals surface area contributed by atoms with E-state index in [1.807, 2.05) is 43.3 Å². The molecule has 10 nitrogen and oxygen atoms in total. The zero-order valence-corrected chi connectivity index (χ0v) is 27.7. The standard InChI is InChI=1S/C32H33IN4O6S/c1-5-41-31(39)28-20(3)35-32(44)36-29(28)23-8-6-7-9-25(23)42-18-27(38)37-34-16-22-14-24(33)30(26(15-22)40-4)43-17-21-12-10-19(2)11-13-21/h6-16,29H,5,17-18H2,1-4H3,(H,37,38)(H2,35,36,44)/t29-/m0/s1. The predicted molar refractivity (Wildman–Crippen MR) is 180 cm³/mol. The lowest BCUT2D eigenvalue weighted by molar-refractivity contribution is -0.139. The first-order valence-electron chi connectivity index (χ1n) is 13.7. The third-order valence-electron chi connectivity index (χ3n) is 6.51. The van der Waals surface area contributed by atoms with Gasteiger partial charge in [-0.3, -0.25) is 4.79 Å². The summed E-state index contributed by atoms with van der Waals surface area (Å²) in [5, 5.41) is 10.5. The van der Waals surface area contributed by atoms with E-state index in [0.29, 0.717) is 51.4 Å². The largest absolute Gasteiger partial charge is 0.493 e. The number of methoxy groups -OCH3 is 1. The van der Waals surface area contributed by atoms with E-state index in [2.05, 4.69) is 43.8 Å². The van der Waals surface area contributed by atoms with Crippen LogP contribution in [0.25, 0.3) is 0 Å². The van der Waals surface area contributed by atoms with E-state index in [-0.39, 0.29) is 13.2 Å². The first-order chi connectivity index (χ1) is 21.2. The number of rotatable bonds is 12. The van der Waals surface area contributed by atoms with Gasteiger partial charge in [0.05, 0.1) is 35.1 Å². The van der Waals surface area contributed by atoms with Crippen LogP contribution in [0.4, 0.5) is 0 Å². The van der Waals surface area contributed by atoms with Crippen LogP contribution < -0.4 is 30.3 Å². The Morgan fingerprint density at radius 2 is 1.82 bits per heavy atom. The van der Waals surface area contributed by atoms with Crippen molar-refractivity contribution in [2.45, 2.75) is 33.4 Å². The minimum absolute atomic E-state index is 0.226. The van der Waals surface area contributed by atoms with Crippen molar-refractivity contribution in [3.63, 3.8) is 0 Å². The number of nitrogens with zero attached hydrogens (tertiary/aromatic N) is 1. The Morgan fingerprint density at radius 1 is 1.07 bits per heavy atom. The number of hydrogen-bond donors (Lipinski definition) is 3. The summed E-state index contributed by atoms with van der Waals surface area (Å²) in [7, 11) is 1.57. The Balaban J connectivity index is 1.39. The number of carbonyl (C=O) groups is 2. The summed E-state index contributed by atoms with van der Waals surface area (Å²) in [6, 6.07) is 18.3. The van der Waals surface area contributed by atoms with Crippen molar-refractivity contribution >= 4 is 58.0 Å². The summed E-state index contributed by atoms with van der Waals surface area (Å²) in [6.07, 6.45) is 1.51. The summed E-state index contributed by atoms with van der Waals surface area (Å²) in [4.78, 5) is 25.4. The van der Waals surface area contributed by atoms with E-state index in [0.717, 1.165) is 9.13 Å². The van der Waals surface area contributed by atoms with Gasteiger partial charge in [-0.05, 0) is 84.9 Å². The topological polar surface area (TPSA) is 120 Å². The summed E-state index contributed by atoms with van der Waals surface area (Å²) < 4.78 is 23.5. The molecule has 0 aliphatic carbocycles. The Morgan fingerprint density at radius 3 is 2.55 bits per heavy atom. The molecule has 1 atom stereocenters. The molecule has 230 valence electrons. The van der Waals surface area contributed by atoms with Crippen molar-refractivity contribution in [3.05, 3.63) is 97.8 Å². The molecule has 0 radical (unpaired) electrons. The molecule has 0 fully saturated rings. The molecule has 0 saturated heterocycles. The van der Waals surface area contributed by atoms with Gasteiger partial charge < -0.3 is 29.6 Å². The van der Waals surface area contributed by atoms with Crippen LogP contribution in [-0.4, -0.2) is 43.5 Å². The fourth-order valence-corrected chi connectivity index (χ4v) is 5.46. The van der Waals surface area contributed by atoms with E-state index in [1.54, 1.807) is 45.2 Å². The lowest BCUT2D eigenvalue weighted by Gasteiger charge is -2.30. The molecule has 4 rings (SSSR count). The quantitative estimate of drug-likeness (QED) is 0.0773. The van der Waals surface area contributed by atoms with Gasteiger partial charge in [0.2, 0.25) is 0 Å². The number of halogens is 1. The second-order valence-electron chi connectivity index (χ2n) is 9.72. The summed E-state index contributed by atoms with van der Waals surface area (Å²) in [6.45, 7) is 5.85. The normalized spacial score (nSPS) is 14.5. The zero-order valence-electron chi connectivity index (χ0n) is 24.7. The highest BCUT2D eigenvalue weighted by molar-refractivity contribution is 14.1. The Labute approximate surface area is 275 Å². The molecule has 12 heteroatoms. The second kappa shape index (κ2) is 15.5. The maximum atomic E-state index is 12.8. The van der Waals surface area contributed by atoms with Gasteiger partial charge in [-0.25, -0.2) is 10.2 Å². The van der Waals surface area contributed by atoms with E-state index < -0.39 is 17.9 Å². The Bertz CT molecular complexity index is 1590. The minimum Gasteiger partial charge on any atom is -0.493 e. The number of hydrazone groups is 1. The highest BCUT2D eigenvalue weighted by atomic mass is 127. The molecule has 1 heterocycles. The average molecular weight is 729 g/mol. The number of benzene rings is 3. The van der Waals surface area contributed by atoms with Gasteiger partial charge in [-0.15, -0.1) is 0 Å². The van der Waals surface area contributed by atoms with E-state index >= 15 is 0 Å².